The van der Waals surface area contributed by atoms with Crippen molar-refractivity contribution in [2.75, 3.05) is 31.1 Å². The number of nitrogens with zero attached hydrogens (tertiary/aromatic N) is 7. The van der Waals surface area contributed by atoms with Gasteiger partial charge in [0.25, 0.3) is 5.56 Å². The van der Waals surface area contributed by atoms with Crippen LogP contribution in [-0.4, -0.2) is 61.9 Å². The lowest BCUT2D eigenvalue weighted by molar-refractivity contribution is 0.0240. The quantitative estimate of drug-likeness (QED) is 0.382. The SMILES string of the molecule is CC#CCn1c(N2CCN(C(=O)OC(C)(C)C)CC2)nc2nc(Cl)n(C(C#N)c3ccccc3)c(=O)c21. The van der Waals surface area contributed by atoms with Gasteiger partial charge in [0, 0.05) is 26.2 Å². The normalized spacial score (nSPS) is 14.6. The van der Waals surface area contributed by atoms with Crippen LogP contribution >= 0.6 is 11.6 Å². The summed E-state index contributed by atoms with van der Waals surface area (Å²) in [5, 5.41) is 9.80. The first-order valence-corrected chi connectivity index (χ1v) is 12.3. The number of nitriles is 1. The first-order chi connectivity index (χ1) is 17.6. The topological polar surface area (TPSA) is 109 Å². The molecule has 0 aliphatic carbocycles. The molecule has 2 aromatic heterocycles. The Morgan fingerprint density at radius 2 is 1.84 bits per heavy atom. The Bertz CT molecular complexity index is 1460. The van der Waals surface area contributed by atoms with Gasteiger partial charge >= 0.3 is 6.09 Å². The van der Waals surface area contributed by atoms with E-state index in [1.807, 2.05) is 31.7 Å². The number of hydrogen-bond acceptors (Lipinski definition) is 7. The van der Waals surface area contributed by atoms with Gasteiger partial charge in [0.2, 0.25) is 11.2 Å². The van der Waals surface area contributed by atoms with E-state index in [1.165, 1.54) is 4.57 Å². The maximum atomic E-state index is 13.8. The number of amides is 1. The zero-order valence-electron chi connectivity index (χ0n) is 21.2. The molecule has 0 radical (unpaired) electrons. The van der Waals surface area contributed by atoms with Crippen LogP contribution in [0.15, 0.2) is 35.1 Å². The first kappa shape index (κ1) is 26.1. The number of halogens is 1. The van der Waals surface area contributed by atoms with Crippen molar-refractivity contribution < 1.29 is 9.53 Å². The van der Waals surface area contributed by atoms with Crippen LogP contribution in [0.4, 0.5) is 10.7 Å². The number of aromatic nitrogens is 4. The fraction of sp³-hybridized carbons (Fsp3) is 0.423. The van der Waals surface area contributed by atoms with Crippen LogP contribution in [0.25, 0.3) is 11.2 Å². The van der Waals surface area contributed by atoms with Crippen molar-refractivity contribution in [1.82, 2.24) is 24.0 Å². The second-order valence-corrected chi connectivity index (χ2v) is 9.89. The highest BCUT2D eigenvalue weighted by molar-refractivity contribution is 6.28. The van der Waals surface area contributed by atoms with Crippen molar-refractivity contribution >= 4 is 34.8 Å². The number of hydrogen-bond donors (Lipinski definition) is 0. The van der Waals surface area contributed by atoms with Gasteiger partial charge in [-0.2, -0.15) is 15.2 Å². The summed E-state index contributed by atoms with van der Waals surface area (Å²) >= 11 is 6.44. The van der Waals surface area contributed by atoms with E-state index in [2.05, 4.69) is 27.9 Å². The molecule has 1 aliphatic heterocycles. The number of piperazine rings is 1. The Kier molecular flexibility index (Phi) is 7.42. The Labute approximate surface area is 220 Å². The fourth-order valence-corrected chi connectivity index (χ4v) is 4.42. The molecule has 0 N–H and O–H groups in total. The molecule has 1 saturated heterocycles. The molecule has 0 bridgehead atoms. The molecule has 192 valence electrons. The number of imidazole rings is 1. The van der Waals surface area contributed by atoms with Gasteiger partial charge in [-0.05, 0) is 44.9 Å². The van der Waals surface area contributed by atoms with Crippen molar-refractivity contribution in [1.29, 1.82) is 5.26 Å². The van der Waals surface area contributed by atoms with Gasteiger partial charge in [-0.25, -0.2) is 4.79 Å². The minimum absolute atomic E-state index is 0.125. The lowest BCUT2D eigenvalue weighted by atomic mass is 10.1. The van der Waals surface area contributed by atoms with Gasteiger partial charge in [-0.15, -0.1) is 5.92 Å². The van der Waals surface area contributed by atoms with Crippen LogP contribution < -0.4 is 10.5 Å². The number of anilines is 1. The Morgan fingerprint density at radius 3 is 2.43 bits per heavy atom. The molecule has 1 unspecified atom stereocenters. The third-order valence-corrected chi connectivity index (χ3v) is 6.14. The maximum absolute atomic E-state index is 13.8. The molecule has 3 heterocycles. The van der Waals surface area contributed by atoms with Gasteiger partial charge in [0.05, 0.1) is 12.6 Å². The minimum Gasteiger partial charge on any atom is -0.444 e. The molecule has 0 spiro atoms. The fourth-order valence-electron chi connectivity index (χ4n) is 4.16. The Morgan fingerprint density at radius 1 is 1.16 bits per heavy atom. The molecule has 0 saturated carbocycles. The molecule has 3 aromatic rings. The van der Waals surface area contributed by atoms with Gasteiger partial charge < -0.3 is 14.5 Å². The third-order valence-electron chi connectivity index (χ3n) is 5.87. The number of ether oxygens (including phenoxy) is 1. The van der Waals surface area contributed by atoms with Crippen LogP contribution in [0.3, 0.4) is 0 Å². The summed E-state index contributed by atoms with van der Waals surface area (Å²) in [4.78, 5) is 38.9. The first-order valence-electron chi connectivity index (χ1n) is 11.9. The number of fused-ring (bicyclic) bond motifs is 1. The highest BCUT2D eigenvalue weighted by atomic mass is 35.5. The van der Waals surface area contributed by atoms with Crippen LogP contribution in [-0.2, 0) is 11.3 Å². The highest BCUT2D eigenvalue weighted by Gasteiger charge is 2.30. The van der Waals surface area contributed by atoms with E-state index in [0.29, 0.717) is 37.7 Å². The summed E-state index contributed by atoms with van der Waals surface area (Å²) in [7, 11) is 0. The number of carbonyl (C=O) groups excluding carboxylic acids is 1. The summed E-state index contributed by atoms with van der Waals surface area (Å²) in [6.45, 7) is 9.24. The van der Waals surface area contributed by atoms with E-state index in [1.54, 1.807) is 40.7 Å². The number of carbonyl (C=O) groups is 1. The number of benzene rings is 1. The summed E-state index contributed by atoms with van der Waals surface area (Å²) < 4.78 is 8.38. The highest BCUT2D eigenvalue weighted by Crippen LogP contribution is 2.25. The average molecular weight is 522 g/mol. The van der Waals surface area contributed by atoms with Gasteiger partial charge in [-0.3, -0.25) is 13.9 Å². The molecule has 1 aromatic carbocycles. The summed E-state index contributed by atoms with van der Waals surface area (Å²) in [6, 6.07) is 10.1. The lowest BCUT2D eigenvalue weighted by Crippen LogP contribution is -2.50. The molecule has 1 amide bonds. The predicted octanol–water partition coefficient (Wildman–Crippen LogP) is 3.44. The van der Waals surface area contributed by atoms with Crippen LogP contribution in [0.1, 0.15) is 39.3 Å². The smallest absolute Gasteiger partial charge is 0.410 e. The molecule has 37 heavy (non-hydrogen) atoms. The minimum atomic E-state index is -0.959. The van der Waals surface area contributed by atoms with Gasteiger partial charge in [-0.1, -0.05) is 36.3 Å². The zero-order chi connectivity index (χ0) is 26.7. The predicted molar refractivity (Wildman–Crippen MR) is 140 cm³/mol. The molecular weight excluding hydrogens is 494 g/mol. The second kappa shape index (κ2) is 10.5. The standard InChI is InChI=1S/C26H28ClN7O3/c1-5-6-12-33-20-21(29-23(27)34(22(20)35)19(17-28)18-10-8-7-9-11-18)30-24(33)31-13-15-32(16-14-31)25(36)37-26(2,3)4/h7-11,19H,12-16H2,1-4H3. The van der Waals surface area contributed by atoms with Crippen molar-refractivity contribution in [3.05, 3.63) is 51.5 Å². The molecule has 1 fully saturated rings. The molecular formula is C26H28ClN7O3. The van der Waals surface area contributed by atoms with Crippen molar-refractivity contribution in [3.8, 4) is 17.9 Å². The average Bonchev–Trinajstić information content (AvgIpc) is 3.23. The van der Waals surface area contributed by atoms with E-state index in [9.17, 15) is 14.9 Å². The monoisotopic (exact) mass is 521 g/mol. The van der Waals surface area contributed by atoms with E-state index in [4.69, 9.17) is 16.3 Å². The maximum Gasteiger partial charge on any atom is 0.410 e. The van der Waals surface area contributed by atoms with Crippen LogP contribution in [0, 0.1) is 23.2 Å². The molecule has 10 nitrogen and oxygen atoms in total. The van der Waals surface area contributed by atoms with E-state index >= 15 is 0 Å². The van der Waals surface area contributed by atoms with Crippen molar-refractivity contribution in [3.63, 3.8) is 0 Å². The van der Waals surface area contributed by atoms with Gasteiger partial charge in [0.15, 0.2) is 17.2 Å². The second-order valence-electron chi connectivity index (χ2n) is 9.55. The molecule has 1 aliphatic rings. The molecule has 1 atom stereocenters. The van der Waals surface area contributed by atoms with Crippen LogP contribution in [0.2, 0.25) is 5.28 Å². The Balaban J connectivity index is 1.74. The van der Waals surface area contributed by atoms with E-state index < -0.39 is 17.2 Å². The number of rotatable bonds is 4. The third kappa shape index (κ3) is 5.40. The van der Waals surface area contributed by atoms with Crippen molar-refractivity contribution in [2.45, 2.75) is 45.9 Å². The summed E-state index contributed by atoms with van der Waals surface area (Å²) in [6.07, 6.45) is -0.364. The zero-order valence-corrected chi connectivity index (χ0v) is 22.0. The largest absolute Gasteiger partial charge is 0.444 e. The van der Waals surface area contributed by atoms with E-state index in [-0.39, 0.29) is 29.1 Å². The van der Waals surface area contributed by atoms with Crippen molar-refractivity contribution in [2.24, 2.45) is 0 Å². The van der Waals surface area contributed by atoms with Crippen LogP contribution in [0.5, 0.6) is 0 Å². The van der Waals surface area contributed by atoms with E-state index in [0.717, 1.165) is 0 Å². The lowest BCUT2D eigenvalue weighted by Gasteiger charge is -2.36. The summed E-state index contributed by atoms with van der Waals surface area (Å²) in [5.41, 5.74) is -0.0405. The summed E-state index contributed by atoms with van der Waals surface area (Å²) in [5.74, 6) is 6.36. The van der Waals surface area contributed by atoms with Gasteiger partial charge in [0.1, 0.15) is 5.60 Å². The molecule has 11 heteroatoms. The Hall–Kier alpha value is -4.02. The molecule has 4 rings (SSSR count).